The number of carbonyl (C=O) groups excluding carboxylic acids is 2. The average Bonchev–Trinajstić information content (AvgIpc) is 3.34. The predicted molar refractivity (Wildman–Crippen MR) is 155 cm³/mol. The van der Waals surface area contributed by atoms with Crippen LogP contribution < -0.4 is 5.48 Å². The van der Waals surface area contributed by atoms with E-state index < -0.39 is 17.6 Å². The Kier molecular flexibility index (Phi) is 7.85. The van der Waals surface area contributed by atoms with Gasteiger partial charge in [-0.1, -0.05) is 58.9 Å². The van der Waals surface area contributed by atoms with E-state index in [2.05, 4.69) is 52.2 Å². The zero-order valence-electron chi connectivity index (χ0n) is 24.0. The highest BCUT2D eigenvalue weighted by molar-refractivity contribution is 7.80. The van der Waals surface area contributed by atoms with Crippen LogP contribution in [0.3, 0.4) is 0 Å². The van der Waals surface area contributed by atoms with Crippen molar-refractivity contribution in [1.82, 2.24) is 4.90 Å². The molecular formula is C31H40N2O5S. The van der Waals surface area contributed by atoms with Gasteiger partial charge in [0.2, 0.25) is 5.91 Å². The lowest BCUT2D eigenvalue weighted by atomic mass is 9.76. The lowest BCUT2D eigenvalue weighted by Gasteiger charge is -2.34. The van der Waals surface area contributed by atoms with Gasteiger partial charge in [-0.3, -0.25) is 20.4 Å². The number of rotatable bonds is 7. The molecule has 1 saturated heterocycles. The summed E-state index contributed by atoms with van der Waals surface area (Å²) in [4.78, 5) is 28.5. The van der Waals surface area contributed by atoms with E-state index in [1.165, 1.54) is 16.0 Å². The van der Waals surface area contributed by atoms with Crippen molar-refractivity contribution >= 4 is 35.0 Å². The van der Waals surface area contributed by atoms with Crippen LogP contribution in [0.15, 0.2) is 36.4 Å². The number of fused-ring (bicyclic) bond motifs is 1. The van der Waals surface area contributed by atoms with E-state index in [-0.39, 0.29) is 34.9 Å². The summed E-state index contributed by atoms with van der Waals surface area (Å²) in [6.07, 6.45) is 2.42. The van der Waals surface area contributed by atoms with E-state index in [1.807, 2.05) is 19.1 Å². The van der Waals surface area contributed by atoms with Gasteiger partial charge in [-0.15, -0.1) is 0 Å². The van der Waals surface area contributed by atoms with Gasteiger partial charge < -0.3 is 9.47 Å². The van der Waals surface area contributed by atoms with Crippen molar-refractivity contribution in [2.75, 3.05) is 12.1 Å². The van der Waals surface area contributed by atoms with Gasteiger partial charge in [0.25, 0.3) is 5.17 Å². The van der Waals surface area contributed by atoms with Crippen molar-refractivity contribution in [3.63, 3.8) is 0 Å². The van der Waals surface area contributed by atoms with Crippen LogP contribution in [-0.2, 0) is 48.3 Å². The second kappa shape index (κ2) is 10.5. The van der Waals surface area contributed by atoms with Gasteiger partial charge in [-0.25, -0.2) is 4.79 Å². The largest absolute Gasteiger partial charge is 0.464 e. The maximum atomic E-state index is 13.7. The molecule has 0 saturated carbocycles. The monoisotopic (exact) mass is 552 g/mol. The van der Waals surface area contributed by atoms with Crippen molar-refractivity contribution < 1.29 is 24.3 Å². The maximum absolute atomic E-state index is 13.7. The molecule has 2 aromatic rings. The molecule has 0 radical (unpaired) electrons. The number of benzene rings is 2. The number of carbonyl (C=O) groups is 2. The molecular weight excluding hydrogens is 512 g/mol. The Balaban J connectivity index is 1.76. The average molecular weight is 553 g/mol. The van der Waals surface area contributed by atoms with Crippen LogP contribution in [0.4, 0.5) is 5.69 Å². The fourth-order valence-corrected chi connectivity index (χ4v) is 6.13. The van der Waals surface area contributed by atoms with E-state index in [4.69, 9.17) is 26.9 Å². The van der Waals surface area contributed by atoms with E-state index in [0.717, 1.165) is 29.5 Å². The third-order valence-corrected chi connectivity index (χ3v) is 8.43. The Morgan fingerprint density at radius 3 is 2.38 bits per heavy atom. The minimum atomic E-state index is -1.20. The summed E-state index contributed by atoms with van der Waals surface area (Å²) in [7, 11) is 0. The van der Waals surface area contributed by atoms with Gasteiger partial charge >= 0.3 is 5.97 Å². The Labute approximate surface area is 236 Å². The minimum Gasteiger partial charge on any atom is -0.464 e. The fraction of sp³-hybridized carbons (Fsp3) is 0.516. The molecule has 39 heavy (non-hydrogen) atoms. The second-order valence-electron chi connectivity index (χ2n) is 12.4. The zero-order valence-corrected chi connectivity index (χ0v) is 24.8. The predicted octanol–water partition coefficient (Wildman–Crippen LogP) is 5.93. The number of aryl methyl sites for hydroxylation is 1. The van der Waals surface area contributed by atoms with Crippen LogP contribution in [0.2, 0.25) is 0 Å². The summed E-state index contributed by atoms with van der Waals surface area (Å²) in [5, 5.41) is 9.05. The molecule has 4 rings (SSSR count). The summed E-state index contributed by atoms with van der Waals surface area (Å²) in [6.45, 7) is 14.8. The molecule has 2 aromatic carbocycles. The summed E-state index contributed by atoms with van der Waals surface area (Å²) in [5.41, 5.74) is 6.71. The number of anilines is 1. The molecule has 1 fully saturated rings. The molecule has 210 valence electrons. The lowest BCUT2D eigenvalue weighted by molar-refractivity contribution is -0.155. The summed E-state index contributed by atoms with van der Waals surface area (Å²) in [6, 6.07) is 10.5. The lowest BCUT2D eigenvalue weighted by Crippen LogP contribution is -2.51. The van der Waals surface area contributed by atoms with Crippen LogP contribution in [0, 0.1) is 0 Å². The van der Waals surface area contributed by atoms with Crippen molar-refractivity contribution in [2.24, 2.45) is 0 Å². The third-order valence-electron chi connectivity index (χ3n) is 8.14. The number of hydrogen-bond acceptors (Lipinski definition) is 7. The molecule has 2 unspecified atom stereocenters. The van der Waals surface area contributed by atoms with E-state index >= 15 is 0 Å². The van der Waals surface area contributed by atoms with Crippen molar-refractivity contribution in [3.05, 3.63) is 64.2 Å². The Bertz CT molecular complexity index is 1280. The van der Waals surface area contributed by atoms with E-state index in [1.54, 1.807) is 19.1 Å². The Morgan fingerprint density at radius 2 is 1.79 bits per heavy atom. The Hall–Kier alpha value is -2.97. The highest BCUT2D eigenvalue weighted by atomic mass is 32.1. The first-order chi connectivity index (χ1) is 18.2. The van der Waals surface area contributed by atoms with Gasteiger partial charge in [0.05, 0.1) is 12.3 Å². The molecule has 0 spiro atoms. The highest BCUT2D eigenvalue weighted by Gasteiger charge is 2.58. The highest BCUT2D eigenvalue weighted by Crippen LogP contribution is 2.49. The van der Waals surface area contributed by atoms with Crippen molar-refractivity contribution in [1.29, 1.82) is 0 Å². The van der Waals surface area contributed by atoms with Crippen LogP contribution >= 0.6 is 12.2 Å². The molecule has 0 aromatic heterocycles. The van der Waals surface area contributed by atoms with Gasteiger partial charge in [0.1, 0.15) is 0 Å². The van der Waals surface area contributed by atoms with Crippen LogP contribution in [0.25, 0.3) is 0 Å². The molecule has 8 heteroatoms. The zero-order chi connectivity index (χ0) is 28.8. The number of thiocarbonyl (C=S) groups is 1. The molecule has 1 aliphatic carbocycles. The topological polar surface area (TPSA) is 88.1 Å². The van der Waals surface area contributed by atoms with Crippen molar-refractivity contribution in [3.8, 4) is 0 Å². The van der Waals surface area contributed by atoms with Gasteiger partial charge in [-0.2, -0.15) is 0 Å². The van der Waals surface area contributed by atoms with Gasteiger partial charge in [-0.05, 0) is 90.5 Å². The van der Waals surface area contributed by atoms with Crippen LogP contribution in [0.5, 0.6) is 0 Å². The molecule has 1 heterocycles. The first-order valence-electron chi connectivity index (χ1n) is 13.6. The first kappa shape index (κ1) is 29.0. The number of hydrogen-bond donors (Lipinski definition) is 2. The van der Waals surface area contributed by atoms with Gasteiger partial charge in [0, 0.05) is 12.0 Å². The fourth-order valence-electron chi connectivity index (χ4n) is 5.75. The number of nitrogens with zero attached hydrogens (tertiary/aromatic N) is 1. The maximum Gasteiger partial charge on any atom is 0.333 e. The third kappa shape index (κ3) is 5.41. The number of ether oxygens (including phenoxy) is 2. The van der Waals surface area contributed by atoms with Crippen LogP contribution in [0.1, 0.15) is 89.1 Å². The molecule has 1 aliphatic heterocycles. The summed E-state index contributed by atoms with van der Waals surface area (Å²) < 4.78 is 11.9. The van der Waals surface area contributed by atoms with Gasteiger partial charge in [0.15, 0.2) is 11.6 Å². The molecule has 2 aliphatic rings. The van der Waals surface area contributed by atoms with Crippen molar-refractivity contribution in [2.45, 2.75) is 96.6 Å². The Morgan fingerprint density at radius 1 is 1.15 bits per heavy atom. The number of amides is 1. The molecule has 2 atom stereocenters. The smallest absolute Gasteiger partial charge is 0.333 e. The normalized spacial score (nSPS) is 21.9. The number of nitrogens with one attached hydrogen (secondary N) is 1. The summed E-state index contributed by atoms with van der Waals surface area (Å²) in [5.74, 6) is -0.825. The molecule has 2 N–H and O–H groups in total. The van der Waals surface area contributed by atoms with E-state index in [0.29, 0.717) is 12.1 Å². The first-order valence-corrected chi connectivity index (χ1v) is 14.0. The van der Waals surface area contributed by atoms with Crippen LogP contribution in [-0.4, -0.2) is 39.8 Å². The molecule has 1 amide bonds. The quantitative estimate of drug-likeness (QED) is 0.250. The molecule has 0 bridgehead atoms. The SMILES string of the molecule is CCOC(=O)C1N(C(=O)CCc2ccc(NO)cc2)C(=S)OC1(C)c1cc(C(C)(C)C)cc2c1CCC2(C)C. The van der Waals surface area contributed by atoms with E-state index in [9.17, 15) is 9.59 Å². The number of esters is 1. The minimum absolute atomic E-state index is 0.00690. The standard InChI is InChI=1S/C31H40N2O5S/c1-8-37-27(35)26-31(7,24-18-20(29(2,3)4)17-23-22(24)15-16-30(23,5)6)38-28(39)33(26)25(34)14-11-19-9-12-21(32-36)13-10-19/h9-10,12-13,17-18,26,32,36H,8,11,14-16H2,1-7H3. The summed E-state index contributed by atoms with van der Waals surface area (Å²) >= 11 is 5.63. The second-order valence-corrected chi connectivity index (χ2v) is 12.7. The molecule has 7 nitrogen and oxygen atoms in total.